The second-order valence-electron chi connectivity index (χ2n) is 3.56. The molecule has 4 heteroatoms. The van der Waals surface area contributed by atoms with E-state index in [4.69, 9.17) is 14.6 Å². The molecule has 0 aliphatic heterocycles. The van der Waals surface area contributed by atoms with Crippen LogP contribution in [0.25, 0.3) is 0 Å². The molecule has 0 aliphatic rings. The van der Waals surface area contributed by atoms with Crippen LogP contribution in [0.3, 0.4) is 0 Å². The van der Waals surface area contributed by atoms with Crippen molar-refractivity contribution in [1.29, 1.82) is 0 Å². The zero-order valence-corrected chi connectivity index (χ0v) is 9.69. The zero-order chi connectivity index (χ0) is 12.1. The fraction of sp³-hybridized carbons (Fsp3) is 0.417. The third-order valence-electron chi connectivity index (χ3n) is 1.86. The number of aromatic carboxylic acids is 1. The highest BCUT2D eigenvalue weighted by atomic mass is 16.5. The molecule has 0 aliphatic carbocycles. The molecule has 0 bridgehead atoms. The van der Waals surface area contributed by atoms with E-state index in [0.29, 0.717) is 18.1 Å². The van der Waals surface area contributed by atoms with E-state index < -0.39 is 5.97 Å². The van der Waals surface area contributed by atoms with E-state index in [9.17, 15) is 4.79 Å². The Balaban J connectivity index is 3.05. The van der Waals surface area contributed by atoms with Crippen molar-refractivity contribution in [1.82, 2.24) is 0 Å². The minimum Gasteiger partial charge on any atom is -0.494 e. The van der Waals surface area contributed by atoms with Crippen LogP contribution < -0.4 is 9.47 Å². The molecule has 0 fully saturated rings. The maximum Gasteiger partial charge on any atom is 0.339 e. The van der Waals surface area contributed by atoms with Crippen molar-refractivity contribution in [2.24, 2.45) is 0 Å². The number of benzene rings is 1. The lowest BCUT2D eigenvalue weighted by Gasteiger charge is -2.13. The summed E-state index contributed by atoms with van der Waals surface area (Å²) in [5, 5.41) is 8.98. The SMILES string of the molecule is CCOc1ccc(C(=O)O)c(OC(C)C)c1. The molecule has 4 nitrogen and oxygen atoms in total. The van der Waals surface area contributed by atoms with Gasteiger partial charge in [0.25, 0.3) is 0 Å². The number of carboxylic acid groups (broad SMARTS) is 1. The summed E-state index contributed by atoms with van der Waals surface area (Å²) in [4.78, 5) is 11.0. The van der Waals surface area contributed by atoms with Gasteiger partial charge in [0.05, 0.1) is 12.7 Å². The number of hydrogen-bond acceptors (Lipinski definition) is 3. The predicted molar refractivity (Wildman–Crippen MR) is 60.3 cm³/mol. The van der Waals surface area contributed by atoms with E-state index in [2.05, 4.69) is 0 Å². The quantitative estimate of drug-likeness (QED) is 0.835. The highest BCUT2D eigenvalue weighted by molar-refractivity contribution is 5.91. The molecular formula is C12H16O4. The minimum absolute atomic E-state index is 0.0741. The van der Waals surface area contributed by atoms with E-state index in [1.807, 2.05) is 20.8 Å². The van der Waals surface area contributed by atoms with Crippen LogP contribution in [0.15, 0.2) is 18.2 Å². The van der Waals surface area contributed by atoms with Crippen LogP contribution in [0.4, 0.5) is 0 Å². The van der Waals surface area contributed by atoms with Gasteiger partial charge in [-0.15, -0.1) is 0 Å². The molecule has 0 radical (unpaired) electrons. The third kappa shape index (κ3) is 3.15. The Morgan fingerprint density at radius 3 is 2.62 bits per heavy atom. The summed E-state index contributed by atoms with van der Waals surface area (Å²) < 4.78 is 10.7. The summed E-state index contributed by atoms with van der Waals surface area (Å²) in [6.07, 6.45) is -0.0741. The van der Waals surface area contributed by atoms with Crippen molar-refractivity contribution in [2.75, 3.05) is 6.61 Å². The summed E-state index contributed by atoms with van der Waals surface area (Å²) in [6.45, 7) is 6.10. The zero-order valence-electron chi connectivity index (χ0n) is 9.69. The number of ether oxygens (including phenoxy) is 2. The van der Waals surface area contributed by atoms with Crippen LogP contribution in [-0.4, -0.2) is 23.8 Å². The normalized spacial score (nSPS) is 10.2. The van der Waals surface area contributed by atoms with Crippen molar-refractivity contribution in [2.45, 2.75) is 26.9 Å². The molecule has 0 saturated heterocycles. The molecule has 1 aromatic rings. The lowest BCUT2D eigenvalue weighted by atomic mass is 10.2. The fourth-order valence-electron chi connectivity index (χ4n) is 1.29. The molecule has 0 aromatic heterocycles. The van der Waals surface area contributed by atoms with Crippen molar-refractivity contribution in [3.63, 3.8) is 0 Å². The Hall–Kier alpha value is -1.71. The standard InChI is InChI=1S/C12H16O4/c1-4-15-9-5-6-10(12(13)14)11(7-9)16-8(2)3/h5-8H,4H2,1-3H3,(H,13,14). The van der Waals surface area contributed by atoms with Crippen molar-refractivity contribution in [3.8, 4) is 11.5 Å². The van der Waals surface area contributed by atoms with Gasteiger partial charge in [-0.05, 0) is 32.9 Å². The van der Waals surface area contributed by atoms with Gasteiger partial charge in [0.1, 0.15) is 17.1 Å². The van der Waals surface area contributed by atoms with Crippen LogP contribution in [0.2, 0.25) is 0 Å². The summed E-state index contributed by atoms with van der Waals surface area (Å²) in [5.41, 5.74) is 0.150. The van der Waals surface area contributed by atoms with Gasteiger partial charge in [-0.25, -0.2) is 4.79 Å². The molecule has 1 rings (SSSR count). The average Bonchev–Trinajstić information content (AvgIpc) is 2.16. The van der Waals surface area contributed by atoms with E-state index in [0.717, 1.165) is 0 Å². The van der Waals surface area contributed by atoms with E-state index in [-0.39, 0.29) is 11.7 Å². The Morgan fingerprint density at radius 1 is 1.44 bits per heavy atom. The first-order chi connectivity index (χ1) is 7.54. The van der Waals surface area contributed by atoms with Gasteiger partial charge in [0, 0.05) is 6.07 Å². The van der Waals surface area contributed by atoms with E-state index in [1.165, 1.54) is 6.07 Å². The first-order valence-corrected chi connectivity index (χ1v) is 5.21. The first kappa shape index (κ1) is 12.4. The lowest BCUT2D eigenvalue weighted by molar-refractivity contribution is 0.0690. The topological polar surface area (TPSA) is 55.8 Å². The Bertz CT molecular complexity index is 371. The summed E-state index contributed by atoms with van der Waals surface area (Å²) in [7, 11) is 0. The second-order valence-corrected chi connectivity index (χ2v) is 3.56. The highest BCUT2D eigenvalue weighted by Gasteiger charge is 2.13. The van der Waals surface area contributed by atoms with Gasteiger partial charge < -0.3 is 14.6 Å². The number of rotatable bonds is 5. The molecule has 0 spiro atoms. The van der Waals surface area contributed by atoms with E-state index >= 15 is 0 Å². The summed E-state index contributed by atoms with van der Waals surface area (Å²) in [6, 6.07) is 4.72. The van der Waals surface area contributed by atoms with E-state index in [1.54, 1.807) is 12.1 Å². The smallest absolute Gasteiger partial charge is 0.339 e. The van der Waals surface area contributed by atoms with Gasteiger partial charge >= 0.3 is 5.97 Å². The Kier molecular flexibility index (Phi) is 4.17. The highest BCUT2D eigenvalue weighted by Crippen LogP contribution is 2.26. The monoisotopic (exact) mass is 224 g/mol. The Labute approximate surface area is 94.8 Å². The molecule has 1 aromatic carbocycles. The van der Waals surface area contributed by atoms with Crippen LogP contribution in [0, 0.1) is 0 Å². The number of carbonyl (C=O) groups is 1. The molecule has 0 atom stereocenters. The van der Waals surface area contributed by atoms with Crippen LogP contribution in [0.1, 0.15) is 31.1 Å². The van der Waals surface area contributed by atoms with Gasteiger partial charge in [-0.1, -0.05) is 0 Å². The molecule has 0 unspecified atom stereocenters. The first-order valence-electron chi connectivity index (χ1n) is 5.21. The van der Waals surface area contributed by atoms with Gasteiger partial charge in [-0.2, -0.15) is 0 Å². The van der Waals surface area contributed by atoms with Crippen LogP contribution >= 0.6 is 0 Å². The average molecular weight is 224 g/mol. The van der Waals surface area contributed by atoms with Crippen molar-refractivity contribution >= 4 is 5.97 Å². The fourth-order valence-corrected chi connectivity index (χ4v) is 1.29. The molecule has 0 amide bonds. The summed E-state index contributed by atoms with van der Waals surface area (Å²) >= 11 is 0. The largest absolute Gasteiger partial charge is 0.494 e. The maximum atomic E-state index is 11.0. The predicted octanol–water partition coefficient (Wildman–Crippen LogP) is 2.57. The summed E-state index contributed by atoms with van der Waals surface area (Å²) in [5.74, 6) is -0.0460. The van der Waals surface area contributed by atoms with Crippen molar-refractivity contribution in [3.05, 3.63) is 23.8 Å². The number of carboxylic acids is 1. The molecule has 0 saturated carbocycles. The second kappa shape index (κ2) is 5.39. The minimum atomic E-state index is -1.00. The molecule has 1 N–H and O–H groups in total. The molecule has 88 valence electrons. The molecular weight excluding hydrogens is 208 g/mol. The van der Waals surface area contributed by atoms with Crippen LogP contribution in [-0.2, 0) is 0 Å². The molecule has 0 heterocycles. The molecule has 16 heavy (non-hydrogen) atoms. The lowest BCUT2D eigenvalue weighted by Crippen LogP contribution is -2.10. The van der Waals surface area contributed by atoms with Crippen LogP contribution in [0.5, 0.6) is 11.5 Å². The Morgan fingerprint density at radius 2 is 2.12 bits per heavy atom. The third-order valence-corrected chi connectivity index (χ3v) is 1.86. The van der Waals surface area contributed by atoms with Gasteiger partial charge in [0.2, 0.25) is 0 Å². The van der Waals surface area contributed by atoms with Gasteiger partial charge in [0.15, 0.2) is 0 Å². The van der Waals surface area contributed by atoms with Gasteiger partial charge in [-0.3, -0.25) is 0 Å². The maximum absolute atomic E-state index is 11.0. The van der Waals surface area contributed by atoms with Crippen molar-refractivity contribution < 1.29 is 19.4 Å². The number of hydrogen-bond donors (Lipinski definition) is 1.